The second kappa shape index (κ2) is 6.19. The topological polar surface area (TPSA) is 31.2 Å². The molecule has 0 N–H and O–H groups in total. The molecule has 4 nitrogen and oxygen atoms in total. The zero-order chi connectivity index (χ0) is 16.6. The van der Waals surface area contributed by atoms with Crippen LogP contribution in [-0.4, -0.2) is 46.2 Å². The van der Waals surface area contributed by atoms with Gasteiger partial charge in [-0.05, 0) is 26.2 Å². The van der Waals surface area contributed by atoms with Crippen molar-refractivity contribution in [1.82, 2.24) is 9.80 Å². The van der Waals surface area contributed by atoms with Gasteiger partial charge in [-0.25, -0.2) is 9.98 Å². The number of guanidine groups is 1. The SMILES string of the molecule is CC1CC=C2C(Cl)=NC=CN2C(N2CCCC(C(F)(F)F)C2)=N1. The summed E-state index contributed by atoms with van der Waals surface area (Å²) in [5.41, 5.74) is 0.686. The van der Waals surface area contributed by atoms with Crippen molar-refractivity contribution in [2.45, 2.75) is 38.4 Å². The van der Waals surface area contributed by atoms with E-state index in [1.54, 1.807) is 16.0 Å². The Morgan fingerprint density at radius 1 is 1.35 bits per heavy atom. The molecule has 2 atom stereocenters. The van der Waals surface area contributed by atoms with E-state index < -0.39 is 12.1 Å². The maximum atomic E-state index is 13.1. The van der Waals surface area contributed by atoms with Crippen LogP contribution in [0.1, 0.15) is 26.2 Å². The molecule has 2 unspecified atom stereocenters. The van der Waals surface area contributed by atoms with Gasteiger partial charge in [-0.3, -0.25) is 4.90 Å². The lowest BCUT2D eigenvalue weighted by molar-refractivity contribution is -0.183. The first-order valence-corrected chi connectivity index (χ1v) is 8.03. The number of halogens is 4. The van der Waals surface area contributed by atoms with Crippen LogP contribution in [0.4, 0.5) is 13.2 Å². The number of nitrogens with zero attached hydrogens (tertiary/aromatic N) is 4. The van der Waals surface area contributed by atoms with Crippen LogP contribution in [-0.2, 0) is 0 Å². The monoisotopic (exact) mass is 346 g/mol. The van der Waals surface area contributed by atoms with Gasteiger partial charge in [-0.2, -0.15) is 13.2 Å². The summed E-state index contributed by atoms with van der Waals surface area (Å²) in [6.45, 7) is 2.43. The molecule has 3 heterocycles. The molecule has 1 fully saturated rings. The van der Waals surface area contributed by atoms with Gasteiger partial charge in [0.1, 0.15) is 0 Å². The van der Waals surface area contributed by atoms with Gasteiger partial charge in [-0.15, -0.1) is 0 Å². The molecule has 0 aromatic heterocycles. The molecule has 3 aliphatic heterocycles. The lowest BCUT2D eigenvalue weighted by atomic mass is 9.98. The standard InChI is InChI=1S/C15H18ClF3N4/c1-10-4-5-12-13(16)20-6-8-23(12)14(21-10)22-7-2-3-11(9-22)15(17,18)19/h5-6,8,10-11H,2-4,7,9H2,1H3. The highest BCUT2D eigenvalue weighted by atomic mass is 35.5. The van der Waals surface area contributed by atoms with Gasteiger partial charge in [-0.1, -0.05) is 17.7 Å². The smallest absolute Gasteiger partial charge is 0.342 e. The Morgan fingerprint density at radius 2 is 2.13 bits per heavy atom. The largest absolute Gasteiger partial charge is 0.393 e. The first-order valence-electron chi connectivity index (χ1n) is 7.65. The summed E-state index contributed by atoms with van der Waals surface area (Å²) in [5.74, 6) is -0.789. The summed E-state index contributed by atoms with van der Waals surface area (Å²) in [5, 5.41) is 0.332. The Morgan fingerprint density at radius 3 is 2.87 bits per heavy atom. The number of likely N-dealkylation sites (tertiary alicyclic amines) is 1. The van der Waals surface area contributed by atoms with Crippen LogP contribution < -0.4 is 0 Å². The number of fused-ring (bicyclic) bond motifs is 1. The number of hydrogen-bond donors (Lipinski definition) is 0. The molecule has 3 aliphatic rings. The lowest BCUT2D eigenvalue weighted by Gasteiger charge is -2.39. The average Bonchev–Trinajstić information content (AvgIpc) is 2.67. The van der Waals surface area contributed by atoms with Crippen molar-refractivity contribution in [3.63, 3.8) is 0 Å². The molecule has 1 saturated heterocycles. The first kappa shape index (κ1) is 16.4. The van der Waals surface area contributed by atoms with E-state index >= 15 is 0 Å². The summed E-state index contributed by atoms with van der Waals surface area (Å²) in [4.78, 5) is 12.1. The molecule has 0 spiro atoms. The Kier molecular flexibility index (Phi) is 4.40. The van der Waals surface area contributed by atoms with Crippen LogP contribution >= 0.6 is 11.6 Å². The summed E-state index contributed by atoms with van der Waals surface area (Å²) in [6.07, 6.45) is 2.33. The molecule has 0 saturated carbocycles. The Bertz CT molecular complexity index is 594. The summed E-state index contributed by atoms with van der Waals surface area (Å²) >= 11 is 6.15. The number of rotatable bonds is 0. The number of allylic oxidation sites excluding steroid dienone is 1. The molecule has 0 bridgehead atoms. The predicted octanol–water partition coefficient (Wildman–Crippen LogP) is 3.72. The van der Waals surface area contributed by atoms with Crippen LogP contribution in [0, 0.1) is 5.92 Å². The number of aliphatic imine (C=N–C) groups is 2. The zero-order valence-corrected chi connectivity index (χ0v) is 13.5. The fourth-order valence-electron chi connectivity index (χ4n) is 3.02. The van der Waals surface area contributed by atoms with Crippen molar-refractivity contribution in [2.75, 3.05) is 13.1 Å². The molecule has 0 radical (unpaired) electrons. The van der Waals surface area contributed by atoms with Gasteiger partial charge in [0.05, 0.1) is 17.7 Å². The molecule has 23 heavy (non-hydrogen) atoms. The maximum absolute atomic E-state index is 13.1. The van der Waals surface area contributed by atoms with Crippen molar-refractivity contribution in [3.8, 4) is 0 Å². The van der Waals surface area contributed by atoms with Gasteiger partial charge >= 0.3 is 6.18 Å². The quantitative estimate of drug-likeness (QED) is 0.669. The normalized spacial score (nSPS) is 28.7. The fourth-order valence-corrected chi connectivity index (χ4v) is 3.25. The van der Waals surface area contributed by atoms with Crippen molar-refractivity contribution in [2.24, 2.45) is 15.9 Å². The minimum Gasteiger partial charge on any atom is -0.342 e. The molecule has 3 rings (SSSR count). The molecule has 8 heteroatoms. The van der Waals surface area contributed by atoms with E-state index in [-0.39, 0.29) is 19.0 Å². The molecule has 0 aromatic rings. The Balaban J connectivity index is 1.89. The highest BCUT2D eigenvalue weighted by molar-refractivity contribution is 6.69. The Hall–Kier alpha value is -1.50. The fraction of sp³-hybridized carbons (Fsp3) is 0.600. The maximum Gasteiger partial charge on any atom is 0.393 e. The molecule has 0 amide bonds. The van der Waals surface area contributed by atoms with Crippen LogP contribution in [0.2, 0.25) is 0 Å². The van der Waals surface area contributed by atoms with Gasteiger partial charge in [0.25, 0.3) is 0 Å². The summed E-state index contributed by atoms with van der Waals surface area (Å²) in [6, 6.07) is -0.0211. The van der Waals surface area contributed by atoms with Crippen molar-refractivity contribution in [1.29, 1.82) is 0 Å². The second-order valence-corrected chi connectivity index (χ2v) is 6.38. The van der Waals surface area contributed by atoms with Gasteiger partial charge in [0.2, 0.25) is 5.96 Å². The van der Waals surface area contributed by atoms with Gasteiger partial charge in [0.15, 0.2) is 5.17 Å². The van der Waals surface area contributed by atoms with Crippen molar-refractivity contribution >= 4 is 22.7 Å². The van der Waals surface area contributed by atoms with Crippen LogP contribution in [0.15, 0.2) is 34.2 Å². The molecular formula is C15H18ClF3N4. The highest BCUT2D eigenvalue weighted by Gasteiger charge is 2.43. The number of hydrogen-bond acceptors (Lipinski definition) is 4. The van der Waals surface area contributed by atoms with E-state index in [2.05, 4.69) is 9.98 Å². The predicted molar refractivity (Wildman–Crippen MR) is 84.2 cm³/mol. The highest BCUT2D eigenvalue weighted by Crippen LogP contribution is 2.34. The molecule has 0 aliphatic carbocycles. The van der Waals surface area contributed by atoms with Crippen LogP contribution in [0.5, 0.6) is 0 Å². The third-order valence-corrected chi connectivity index (χ3v) is 4.54. The first-order chi connectivity index (χ1) is 10.9. The molecule has 0 aromatic carbocycles. The molecule has 126 valence electrons. The van der Waals surface area contributed by atoms with Gasteiger partial charge in [0, 0.05) is 25.5 Å². The van der Waals surface area contributed by atoms with Crippen molar-refractivity contribution < 1.29 is 13.2 Å². The Labute approximate surface area is 138 Å². The van der Waals surface area contributed by atoms with Crippen molar-refractivity contribution in [3.05, 3.63) is 24.2 Å². The lowest BCUT2D eigenvalue weighted by Crippen LogP contribution is -2.50. The zero-order valence-electron chi connectivity index (χ0n) is 12.7. The number of alkyl halides is 3. The summed E-state index contributed by atoms with van der Waals surface area (Å²) in [7, 11) is 0. The molecular weight excluding hydrogens is 329 g/mol. The number of piperidine rings is 1. The van der Waals surface area contributed by atoms with E-state index in [1.807, 2.05) is 13.0 Å². The third kappa shape index (κ3) is 3.39. The van der Waals surface area contributed by atoms with Gasteiger partial charge < -0.3 is 4.90 Å². The third-order valence-electron chi connectivity index (χ3n) is 4.25. The van der Waals surface area contributed by atoms with E-state index in [9.17, 15) is 13.2 Å². The average molecular weight is 347 g/mol. The van der Waals surface area contributed by atoms with E-state index in [0.717, 1.165) is 0 Å². The van der Waals surface area contributed by atoms with E-state index in [0.29, 0.717) is 36.2 Å². The van der Waals surface area contributed by atoms with E-state index in [1.165, 1.54) is 6.20 Å². The van der Waals surface area contributed by atoms with Crippen LogP contribution in [0.3, 0.4) is 0 Å². The minimum absolute atomic E-state index is 0.0211. The minimum atomic E-state index is -4.18. The van der Waals surface area contributed by atoms with Crippen LogP contribution in [0.25, 0.3) is 0 Å². The summed E-state index contributed by atoms with van der Waals surface area (Å²) < 4.78 is 39.3. The van der Waals surface area contributed by atoms with E-state index in [4.69, 9.17) is 11.6 Å². The second-order valence-electron chi connectivity index (χ2n) is 6.02.